The minimum atomic E-state index is 1.14. The van der Waals surface area contributed by atoms with Crippen molar-refractivity contribution in [2.24, 2.45) is 11.8 Å². The minimum Gasteiger partial charge on any atom is -0.0533 e. The first-order chi connectivity index (χ1) is 8.97. The molecule has 0 heteroatoms. The molecule has 3 rings (SSSR count). The van der Waals surface area contributed by atoms with Crippen LogP contribution in [-0.2, 0) is 0 Å². The fraction of sp³-hybridized carbons (Fsp3) is 1.00. The lowest BCUT2D eigenvalue weighted by molar-refractivity contribution is 0.196. The molecule has 106 valence electrons. The van der Waals surface area contributed by atoms with Gasteiger partial charge in [0.2, 0.25) is 0 Å². The van der Waals surface area contributed by atoms with Gasteiger partial charge in [-0.15, -0.1) is 0 Å². The Hall–Kier alpha value is 0. The van der Waals surface area contributed by atoms with Crippen LogP contribution in [-0.4, -0.2) is 0 Å². The highest BCUT2D eigenvalue weighted by molar-refractivity contribution is 4.76. The van der Waals surface area contributed by atoms with E-state index < -0.39 is 0 Å². The van der Waals surface area contributed by atoms with Gasteiger partial charge in [-0.25, -0.2) is 0 Å². The van der Waals surface area contributed by atoms with Gasteiger partial charge in [-0.05, 0) is 11.8 Å². The molecule has 0 aromatic heterocycles. The molecule has 0 bridgehead atoms. The molecule has 0 unspecified atom stereocenters. The zero-order chi connectivity index (χ0) is 12.5. The van der Waals surface area contributed by atoms with Crippen molar-refractivity contribution in [2.45, 2.75) is 103 Å². The normalized spacial score (nSPS) is 27.3. The van der Waals surface area contributed by atoms with Gasteiger partial charge in [-0.2, -0.15) is 0 Å². The summed E-state index contributed by atoms with van der Waals surface area (Å²) in [6, 6.07) is 0. The maximum atomic E-state index is 1.56. The van der Waals surface area contributed by atoms with Gasteiger partial charge < -0.3 is 0 Å². The molecule has 3 aliphatic rings. The van der Waals surface area contributed by atoms with Crippen LogP contribution >= 0.6 is 0 Å². The minimum absolute atomic E-state index is 1.14. The fourth-order valence-corrected chi connectivity index (χ4v) is 4.27. The summed E-state index contributed by atoms with van der Waals surface area (Å²) in [4.78, 5) is 0. The smallest absolute Gasteiger partial charge is 0.0386 e. The van der Waals surface area contributed by atoms with Gasteiger partial charge in [0.1, 0.15) is 0 Å². The zero-order valence-corrected chi connectivity index (χ0v) is 12.5. The van der Waals surface area contributed by atoms with Crippen LogP contribution in [0.1, 0.15) is 103 Å². The van der Waals surface area contributed by atoms with Crippen LogP contribution in [0.15, 0.2) is 0 Å². The lowest BCUT2D eigenvalue weighted by Gasteiger charge is -2.32. The zero-order valence-electron chi connectivity index (χ0n) is 12.5. The van der Waals surface area contributed by atoms with E-state index in [1.54, 1.807) is 25.7 Å². The van der Waals surface area contributed by atoms with E-state index in [2.05, 4.69) is 0 Å². The molecule has 0 saturated heterocycles. The van der Waals surface area contributed by atoms with Gasteiger partial charge in [-0.3, -0.25) is 0 Å². The van der Waals surface area contributed by atoms with E-state index in [1.165, 1.54) is 77.0 Å². The van der Waals surface area contributed by atoms with Crippen LogP contribution in [0.5, 0.6) is 0 Å². The molecule has 3 fully saturated rings. The number of rotatable bonds is 1. The molecule has 0 atom stereocenters. The second kappa shape index (κ2) is 8.99. The molecule has 0 aromatic carbocycles. The Kier molecular flexibility index (Phi) is 7.20. The standard InChI is InChI=1S/C12H22.C6H12/c1-3-7-11(8-4-1)12-9-5-2-6-10-12;1-2-4-6-5-3-1/h11-12H,1-10H2;1-6H2. The van der Waals surface area contributed by atoms with Crippen molar-refractivity contribution >= 4 is 0 Å². The second-order valence-corrected chi connectivity index (χ2v) is 6.92. The molecule has 0 amide bonds. The molecule has 18 heavy (non-hydrogen) atoms. The van der Waals surface area contributed by atoms with Crippen LogP contribution in [0.4, 0.5) is 0 Å². The van der Waals surface area contributed by atoms with Crippen molar-refractivity contribution < 1.29 is 0 Å². The largest absolute Gasteiger partial charge is 0.0533 e. The van der Waals surface area contributed by atoms with Gasteiger partial charge in [0, 0.05) is 0 Å². The number of hydrogen-bond acceptors (Lipinski definition) is 0. The molecule has 0 N–H and O–H groups in total. The molecule has 3 aliphatic carbocycles. The Bertz CT molecular complexity index is 153. The third kappa shape index (κ3) is 5.33. The van der Waals surface area contributed by atoms with Crippen LogP contribution in [0, 0.1) is 11.8 Å². The molecule has 0 spiro atoms. The lowest BCUT2D eigenvalue weighted by atomic mass is 9.73. The average molecular weight is 250 g/mol. The Morgan fingerprint density at radius 1 is 0.278 bits per heavy atom. The lowest BCUT2D eigenvalue weighted by Crippen LogP contribution is -2.20. The monoisotopic (exact) mass is 250 g/mol. The Balaban J connectivity index is 0.000000169. The van der Waals surface area contributed by atoms with E-state index >= 15 is 0 Å². The highest BCUT2D eigenvalue weighted by Crippen LogP contribution is 2.37. The Morgan fingerprint density at radius 3 is 0.778 bits per heavy atom. The van der Waals surface area contributed by atoms with Gasteiger partial charge in [-0.1, -0.05) is 103 Å². The van der Waals surface area contributed by atoms with E-state index in [9.17, 15) is 0 Å². The quantitative estimate of drug-likeness (QED) is 0.499. The van der Waals surface area contributed by atoms with Crippen molar-refractivity contribution in [3.8, 4) is 0 Å². The van der Waals surface area contributed by atoms with Gasteiger partial charge in [0.15, 0.2) is 0 Å². The summed E-state index contributed by atoms with van der Waals surface area (Å²) >= 11 is 0. The molecule has 0 aromatic rings. The molecular weight excluding hydrogens is 216 g/mol. The predicted octanol–water partition coefficient (Wildman–Crippen LogP) is 6.49. The summed E-state index contributed by atoms with van der Waals surface area (Å²) in [5.74, 6) is 2.28. The highest BCUT2D eigenvalue weighted by Gasteiger charge is 2.24. The van der Waals surface area contributed by atoms with Crippen molar-refractivity contribution in [2.75, 3.05) is 0 Å². The van der Waals surface area contributed by atoms with E-state index in [4.69, 9.17) is 0 Å². The van der Waals surface area contributed by atoms with Crippen molar-refractivity contribution in [1.82, 2.24) is 0 Å². The van der Waals surface area contributed by atoms with Crippen LogP contribution in [0.2, 0.25) is 0 Å². The van der Waals surface area contributed by atoms with E-state index in [0.29, 0.717) is 0 Å². The molecule has 0 aliphatic heterocycles. The summed E-state index contributed by atoms with van der Waals surface area (Å²) in [5.41, 5.74) is 0. The Labute approximate surface area is 115 Å². The summed E-state index contributed by atoms with van der Waals surface area (Å²) in [6.07, 6.45) is 24.4. The summed E-state index contributed by atoms with van der Waals surface area (Å²) in [5, 5.41) is 0. The topological polar surface area (TPSA) is 0 Å². The summed E-state index contributed by atoms with van der Waals surface area (Å²) in [6.45, 7) is 0. The van der Waals surface area contributed by atoms with Crippen LogP contribution in [0.3, 0.4) is 0 Å². The molecule has 0 nitrogen and oxygen atoms in total. The average Bonchev–Trinajstić information content (AvgIpc) is 2.51. The maximum absolute atomic E-state index is 1.56. The first-order valence-electron chi connectivity index (χ1n) is 8.97. The van der Waals surface area contributed by atoms with E-state index in [-0.39, 0.29) is 0 Å². The van der Waals surface area contributed by atoms with Crippen LogP contribution < -0.4 is 0 Å². The summed E-state index contributed by atoms with van der Waals surface area (Å²) < 4.78 is 0. The van der Waals surface area contributed by atoms with Crippen molar-refractivity contribution in [3.05, 3.63) is 0 Å². The highest BCUT2D eigenvalue weighted by atomic mass is 14.3. The number of hydrogen-bond donors (Lipinski definition) is 0. The second-order valence-electron chi connectivity index (χ2n) is 6.92. The van der Waals surface area contributed by atoms with E-state index in [1.807, 2.05) is 0 Å². The third-order valence-corrected chi connectivity index (χ3v) is 5.47. The first kappa shape index (κ1) is 14.4. The Morgan fingerprint density at radius 2 is 0.500 bits per heavy atom. The van der Waals surface area contributed by atoms with Crippen molar-refractivity contribution in [3.63, 3.8) is 0 Å². The maximum Gasteiger partial charge on any atom is -0.0386 e. The fourth-order valence-electron chi connectivity index (χ4n) is 4.27. The van der Waals surface area contributed by atoms with Crippen LogP contribution in [0.25, 0.3) is 0 Å². The predicted molar refractivity (Wildman–Crippen MR) is 80.9 cm³/mol. The molecule has 0 radical (unpaired) electrons. The molecule has 3 saturated carbocycles. The first-order valence-corrected chi connectivity index (χ1v) is 8.97. The SMILES string of the molecule is C1CCC(C2CCCCC2)CC1.C1CCCCC1. The third-order valence-electron chi connectivity index (χ3n) is 5.47. The summed E-state index contributed by atoms with van der Waals surface area (Å²) in [7, 11) is 0. The van der Waals surface area contributed by atoms with Gasteiger partial charge >= 0.3 is 0 Å². The van der Waals surface area contributed by atoms with E-state index in [0.717, 1.165) is 11.8 Å². The van der Waals surface area contributed by atoms with Gasteiger partial charge in [0.05, 0.1) is 0 Å². The van der Waals surface area contributed by atoms with Crippen molar-refractivity contribution in [1.29, 1.82) is 0 Å². The molecular formula is C18H34. The van der Waals surface area contributed by atoms with Gasteiger partial charge in [0.25, 0.3) is 0 Å². The molecule has 0 heterocycles.